The second-order valence-corrected chi connectivity index (χ2v) is 6.96. The molecule has 2 aromatic carbocycles. The quantitative estimate of drug-likeness (QED) is 0.645. The largest absolute Gasteiger partial charge is 0.354 e. The molecule has 5 nitrogen and oxygen atoms in total. The smallest absolute Gasteiger partial charge is 0.275 e. The molecule has 0 unspecified atom stereocenters. The molecule has 27 heavy (non-hydrogen) atoms. The SMILES string of the molecule is O=C1NOCc2c(-c3ccc([C@@H]4CCCN4)cc3F)[nH]c3cc(F)cc1c23. The minimum Gasteiger partial charge on any atom is -0.354 e. The van der Waals surface area contributed by atoms with Crippen LogP contribution in [0.15, 0.2) is 30.3 Å². The maximum Gasteiger partial charge on any atom is 0.275 e. The maximum atomic E-state index is 15.0. The summed E-state index contributed by atoms with van der Waals surface area (Å²) in [5, 5.41) is 3.92. The summed E-state index contributed by atoms with van der Waals surface area (Å²) in [5.74, 6) is -1.43. The molecule has 0 bridgehead atoms. The maximum absolute atomic E-state index is 15.0. The highest BCUT2D eigenvalue weighted by Gasteiger charge is 2.26. The van der Waals surface area contributed by atoms with E-state index >= 15 is 0 Å². The zero-order chi connectivity index (χ0) is 18.5. The summed E-state index contributed by atoms with van der Waals surface area (Å²) in [4.78, 5) is 20.4. The minimum absolute atomic E-state index is 0.0606. The van der Waals surface area contributed by atoms with Crippen LogP contribution in [0, 0.1) is 11.6 Å². The summed E-state index contributed by atoms with van der Waals surface area (Å²) in [7, 11) is 0. The van der Waals surface area contributed by atoms with E-state index in [1.165, 1.54) is 12.1 Å². The van der Waals surface area contributed by atoms with Crippen LogP contribution in [0.2, 0.25) is 0 Å². The molecule has 2 aliphatic heterocycles. The normalized spacial score (nSPS) is 19.3. The zero-order valence-electron chi connectivity index (χ0n) is 14.4. The van der Waals surface area contributed by atoms with E-state index in [0.717, 1.165) is 24.9 Å². The first kappa shape index (κ1) is 16.4. The number of aromatic amines is 1. The second-order valence-electron chi connectivity index (χ2n) is 6.96. The second kappa shape index (κ2) is 6.14. The monoisotopic (exact) mass is 369 g/mol. The summed E-state index contributed by atoms with van der Waals surface area (Å²) in [6.07, 6.45) is 2.06. The van der Waals surface area contributed by atoms with Crippen LogP contribution in [-0.4, -0.2) is 17.4 Å². The van der Waals surface area contributed by atoms with E-state index < -0.39 is 11.7 Å². The molecule has 1 aromatic heterocycles. The van der Waals surface area contributed by atoms with Gasteiger partial charge in [0.2, 0.25) is 0 Å². The van der Waals surface area contributed by atoms with Gasteiger partial charge in [-0.05, 0) is 49.2 Å². The Morgan fingerprint density at radius 2 is 2.00 bits per heavy atom. The number of benzene rings is 2. The number of carbonyl (C=O) groups is 1. The lowest BCUT2D eigenvalue weighted by molar-refractivity contribution is 0.0255. The summed E-state index contributed by atoms with van der Waals surface area (Å²) >= 11 is 0. The molecule has 3 N–H and O–H groups in total. The average Bonchev–Trinajstić information content (AvgIpc) is 3.25. The molecule has 2 aliphatic rings. The van der Waals surface area contributed by atoms with Crippen molar-refractivity contribution in [1.82, 2.24) is 15.8 Å². The van der Waals surface area contributed by atoms with Crippen LogP contribution >= 0.6 is 0 Å². The predicted octanol–water partition coefficient (Wildman–Crippen LogP) is 3.71. The Morgan fingerprint density at radius 1 is 1.11 bits per heavy atom. The molecule has 5 rings (SSSR count). The van der Waals surface area contributed by atoms with E-state index in [9.17, 15) is 13.6 Å². The van der Waals surface area contributed by atoms with Crippen LogP contribution in [0.4, 0.5) is 8.78 Å². The number of amides is 1. The third-order valence-corrected chi connectivity index (χ3v) is 5.32. The Hall–Kier alpha value is -2.77. The van der Waals surface area contributed by atoms with Gasteiger partial charge in [-0.25, -0.2) is 14.3 Å². The van der Waals surface area contributed by atoms with Gasteiger partial charge < -0.3 is 10.3 Å². The lowest BCUT2D eigenvalue weighted by Crippen LogP contribution is -2.21. The summed E-state index contributed by atoms with van der Waals surface area (Å²) < 4.78 is 28.9. The summed E-state index contributed by atoms with van der Waals surface area (Å²) in [6.45, 7) is 0.998. The average molecular weight is 369 g/mol. The van der Waals surface area contributed by atoms with Gasteiger partial charge >= 0.3 is 0 Å². The molecule has 138 valence electrons. The number of hydroxylamine groups is 1. The molecule has 3 heterocycles. The molecule has 0 radical (unpaired) electrons. The van der Waals surface area contributed by atoms with E-state index in [4.69, 9.17) is 4.84 Å². The number of halogens is 2. The van der Waals surface area contributed by atoms with E-state index in [-0.39, 0.29) is 24.0 Å². The Labute approximate surface area is 153 Å². The van der Waals surface area contributed by atoms with Gasteiger partial charge in [0.05, 0.1) is 11.3 Å². The first-order chi connectivity index (χ1) is 13.1. The molecule has 7 heteroatoms. The number of nitrogens with one attached hydrogen (secondary N) is 3. The van der Waals surface area contributed by atoms with Crippen molar-refractivity contribution < 1.29 is 18.4 Å². The van der Waals surface area contributed by atoms with Crippen LogP contribution in [0.3, 0.4) is 0 Å². The number of rotatable bonds is 2. The van der Waals surface area contributed by atoms with Crippen LogP contribution < -0.4 is 10.8 Å². The minimum atomic E-state index is -0.544. The summed E-state index contributed by atoms with van der Waals surface area (Å²) in [6, 6.07) is 7.81. The zero-order valence-corrected chi connectivity index (χ0v) is 14.4. The number of carbonyl (C=O) groups excluding carboxylic acids is 1. The highest BCUT2D eigenvalue weighted by Crippen LogP contribution is 2.37. The Balaban J connectivity index is 1.68. The Bertz CT molecular complexity index is 1070. The van der Waals surface area contributed by atoms with Crippen molar-refractivity contribution in [3.63, 3.8) is 0 Å². The van der Waals surface area contributed by atoms with Gasteiger partial charge in [-0.3, -0.25) is 9.63 Å². The van der Waals surface area contributed by atoms with Gasteiger partial charge in [-0.15, -0.1) is 0 Å². The van der Waals surface area contributed by atoms with Crippen molar-refractivity contribution in [2.24, 2.45) is 0 Å². The van der Waals surface area contributed by atoms with Gasteiger partial charge in [-0.2, -0.15) is 0 Å². The number of hydrogen-bond donors (Lipinski definition) is 3. The fourth-order valence-electron chi connectivity index (χ4n) is 4.07. The predicted molar refractivity (Wildman–Crippen MR) is 95.9 cm³/mol. The molecule has 1 atom stereocenters. The third kappa shape index (κ3) is 2.62. The van der Waals surface area contributed by atoms with Crippen molar-refractivity contribution in [1.29, 1.82) is 0 Å². The lowest BCUT2D eigenvalue weighted by Gasteiger charge is -2.12. The first-order valence-corrected chi connectivity index (χ1v) is 8.91. The first-order valence-electron chi connectivity index (χ1n) is 8.91. The Morgan fingerprint density at radius 3 is 2.78 bits per heavy atom. The summed E-state index contributed by atoms with van der Waals surface area (Å²) in [5.41, 5.74) is 5.30. The number of H-pyrrole nitrogens is 1. The number of hydrogen-bond acceptors (Lipinski definition) is 3. The van der Waals surface area contributed by atoms with E-state index in [2.05, 4.69) is 15.8 Å². The van der Waals surface area contributed by atoms with Crippen molar-refractivity contribution in [3.8, 4) is 11.3 Å². The fraction of sp³-hybridized carbons (Fsp3) is 0.250. The van der Waals surface area contributed by atoms with E-state index in [1.54, 1.807) is 12.1 Å². The molecule has 0 spiro atoms. The van der Waals surface area contributed by atoms with Crippen molar-refractivity contribution in [3.05, 3.63) is 58.7 Å². The Kier molecular flexibility index (Phi) is 3.73. The highest BCUT2D eigenvalue weighted by atomic mass is 19.1. The van der Waals surface area contributed by atoms with Crippen LogP contribution in [0.5, 0.6) is 0 Å². The highest BCUT2D eigenvalue weighted by molar-refractivity contribution is 6.09. The fourth-order valence-corrected chi connectivity index (χ4v) is 4.07. The van der Waals surface area contributed by atoms with Gasteiger partial charge in [-0.1, -0.05) is 6.07 Å². The van der Waals surface area contributed by atoms with Gasteiger partial charge in [0, 0.05) is 28.1 Å². The topological polar surface area (TPSA) is 66.2 Å². The third-order valence-electron chi connectivity index (χ3n) is 5.32. The van der Waals surface area contributed by atoms with Crippen molar-refractivity contribution in [2.75, 3.05) is 6.54 Å². The molecule has 0 aliphatic carbocycles. The molecule has 1 fully saturated rings. The molecule has 3 aromatic rings. The van der Waals surface area contributed by atoms with E-state index in [0.29, 0.717) is 27.7 Å². The van der Waals surface area contributed by atoms with Crippen LogP contribution in [0.25, 0.3) is 22.2 Å². The van der Waals surface area contributed by atoms with Crippen molar-refractivity contribution >= 4 is 16.8 Å². The van der Waals surface area contributed by atoms with Crippen LogP contribution in [-0.2, 0) is 11.4 Å². The van der Waals surface area contributed by atoms with Gasteiger partial charge in [0.25, 0.3) is 5.91 Å². The van der Waals surface area contributed by atoms with Crippen molar-refractivity contribution in [2.45, 2.75) is 25.5 Å². The van der Waals surface area contributed by atoms with Crippen LogP contribution in [0.1, 0.15) is 40.4 Å². The number of aromatic nitrogens is 1. The molecular weight excluding hydrogens is 352 g/mol. The molecule has 1 amide bonds. The lowest BCUT2D eigenvalue weighted by atomic mass is 9.98. The molecule has 0 saturated carbocycles. The standard InChI is InChI=1S/C20H17F2N3O2/c21-11-7-13-18-14(9-27-25-20(13)26)19(24-17(18)8-11)12-4-3-10(6-15(12)22)16-2-1-5-23-16/h3-4,6-8,16,23-24H,1-2,5,9H2,(H,25,26)/t16-/m0/s1. The molecular formula is C20H17F2N3O2. The van der Waals surface area contributed by atoms with Gasteiger partial charge in [0.1, 0.15) is 18.2 Å². The van der Waals surface area contributed by atoms with Gasteiger partial charge in [0.15, 0.2) is 0 Å². The van der Waals surface area contributed by atoms with E-state index in [1.807, 2.05) is 6.07 Å². The molecule has 1 saturated heterocycles.